The number of H-pyrrole nitrogens is 1. The third-order valence-electron chi connectivity index (χ3n) is 4.92. The van der Waals surface area contributed by atoms with Crippen LogP contribution >= 0.6 is 23.4 Å². The van der Waals surface area contributed by atoms with Crippen molar-refractivity contribution in [1.82, 2.24) is 9.88 Å². The molecule has 2 amide bonds. The lowest BCUT2D eigenvalue weighted by Crippen LogP contribution is -2.38. The molecule has 1 aromatic heterocycles. The molecule has 4 rings (SSSR count). The molecule has 3 aromatic rings. The summed E-state index contributed by atoms with van der Waals surface area (Å²) in [5.74, 6) is 0.138. The summed E-state index contributed by atoms with van der Waals surface area (Å²) in [6.07, 6.45) is 0. The Morgan fingerprint density at radius 2 is 2.03 bits per heavy atom. The normalized spacial score (nSPS) is 15.8. The Labute approximate surface area is 174 Å². The van der Waals surface area contributed by atoms with Crippen molar-refractivity contribution in [2.75, 3.05) is 18.1 Å². The number of carbonyl (C=O) groups is 1. The molecule has 0 aliphatic carbocycles. The number of pyridine rings is 1. The number of hydrogen-bond donors (Lipinski definition) is 2. The van der Waals surface area contributed by atoms with Crippen LogP contribution in [-0.2, 0) is 5.75 Å². The Hall–Kier alpha value is -2.58. The van der Waals surface area contributed by atoms with Gasteiger partial charge in [0.05, 0.1) is 16.5 Å². The second kappa shape index (κ2) is 7.68. The number of thioether (sulfide) groups is 1. The summed E-state index contributed by atoms with van der Waals surface area (Å²) >= 11 is 7.36. The van der Waals surface area contributed by atoms with Crippen LogP contribution in [0, 0.1) is 11.6 Å². The molecular weight excluding hydrogens is 420 g/mol. The summed E-state index contributed by atoms with van der Waals surface area (Å²) in [4.78, 5) is 29.5. The second-order valence-electron chi connectivity index (χ2n) is 6.74. The van der Waals surface area contributed by atoms with Crippen molar-refractivity contribution in [3.8, 4) is 0 Å². The lowest BCUT2D eigenvalue weighted by molar-refractivity contribution is 0.209. The summed E-state index contributed by atoms with van der Waals surface area (Å²) in [5.41, 5.74) is 1.53. The summed E-state index contributed by atoms with van der Waals surface area (Å²) in [6, 6.07) is 7.27. The molecule has 0 fully saturated rings. The quantitative estimate of drug-likeness (QED) is 0.601. The van der Waals surface area contributed by atoms with Crippen LogP contribution in [0.1, 0.15) is 17.3 Å². The Morgan fingerprint density at radius 3 is 2.79 bits per heavy atom. The van der Waals surface area contributed by atoms with E-state index in [1.54, 1.807) is 24.9 Å². The molecule has 0 bridgehead atoms. The number of carbonyl (C=O) groups excluding carboxylic acids is 1. The van der Waals surface area contributed by atoms with Gasteiger partial charge in [-0.1, -0.05) is 17.7 Å². The highest BCUT2D eigenvalue weighted by atomic mass is 35.5. The van der Waals surface area contributed by atoms with E-state index < -0.39 is 17.7 Å². The molecule has 1 aliphatic rings. The Bertz CT molecular complexity index is 1180. The van der Waals surface area contributed by atoms with Gasteiger partial charge in [-0.05, 0) is 35.7 Å². The number of fused-ring (bicyclic) bond motifs is 3. The molecule has 0 unspecified atom stereocenters. The van der Waals surface area contributed by atoms with Gasteiger partial charge in [-0.25, -0.2) is 13.6 Å². The standard InChI is InChI=1S/C20H16ClF2N3O2S/c1-26(20(28)24-11-3-5-15(23)14(21)7-11)17-9-29-8-16-18(17)12-4-2-10(22)6-13(12)19(27)25-16/h2-7,17H,8-9H2,1H3,(H,24,28)(H,25,27)/t17-/m0/s1. The topological polar surface area (TPSA) is 65.2 Å². The number of urea groups is 1. The highest BCUT2D eigenvalue weighted by Gasteiger charge is 2.30. The molecule has 0 spiro atoms. The van der Waals surface area contributed by atoms with Crippen LogP contribution in [0.25, 0.3) is 10.8 Å². The number of halogens is 3. The van der Waals surface area contributed by atoms with Gasteiger partial charge >= 0.3 is 6.03 Å². The maximum absolute atomic E-state index is 13.7. The molecule has 0 saturated heterocycles. The van der Waals surface area contributed by atoms with E-state index in [0.717, 1.165) is 11.3 Å². The predicted molar refractivity (Wildman–Crippen MR) is 112 cm³/mol. The third-order valence-corrected chi connectivity index (χ3v) is 6.25. The van der Waals surface area contributed by atoms with E-state index in [9.17, 15) is 18.4 Å². The average molecular weight is 436 g/mol. The summed E-state index contributed by atoms with van der Waals surface area (Å²) in [5, 5.41) is 3.49. The lowest BCUT2D eigenvalue weighted by Gasteiger charge is -2.33. The highest BCUT2D eigenvalue weighted by molar-refractivity contribution is 7.98. The van der Waals surface area contributed by atoms with E-state index in [2.05, 4.69) is 10.3 Å². The van der Waals surface area contributed by atoms with E-state index >= 15 is 0 Å². The van der Waals surface area contributed by atoms with Crippen molar-refractivity contribution < 1.29 is 13.6 Å². The summed E-state index contributed by atoms with van der Waals surface area (Å²) in [6.45, 7) is 0. The third kappa shape index (κ3) is 3.70. The molecule has 2 N–H and O–H groups in total. The van der Waals surface area contributed by atoms with Crippen LogP contribution in [0.15, 0.2) is 41.2 Å². The minimum atomic E-state index is -0.571. The largest absolute Gasteiger partial charge is 0.324 e. The molecule has 29 heavy (non-hydrogen) atoms. The number of nitrogens with one attached hydrogen (secondary N) is 2. The number of hydrogen-bond acceptors (Lipinski definition) is 3. The molecule has 0 saturated carbocycles. The van der Waals surface area contributed by atoms with Crippen molar-refractivity contribution in [2.24, 2.45) is 0 Å². The molecule has 9 heteroatoms. The van der Waals surface area contributed by atoms with Crippen LogP contribution in [-0.4, -0.2) is 28.7 Å². The predicted octanol–water partition coefficient (Wildman–Crippen LogP) is 4.91. The van der Waals surface area contributed by atoms with Gasteiger partial charge in [0.2, 0.25) is 0 Å². The number of nitrogens with zero attached hydrogens (tertiary/aromatic N) is 1. The molecular formula is C20H16ClF2N3O2S. The first-order chi connectivity index (χ1) is 13.8. The van der Waals surface area contributed by atoms with Crippen molar-refractivity contribution >= 4 is 45.9 Å². The maximum Gasteiger partial charge on any atom is 0.322 e. The Balaban J connectivity index is 1.70. The number of anilines is 1. The molecule has 2 heterocycles. The van der Waals surface area contributed by atoms with Gasteiger partial charge in [-0.3, -0.25) is 4.79 Å². The van der Waals surface area contributed by atoms with Crippen molar-refractivity contribution in [1.29, 1.82) is 0 Å². The van der Waals surface area contributed by atoms with E-state index in [1.807, 2.05) is 0 Å². The van der Waals surface area contributed by atoms with E-state index in [1.165, 1.54) is 35.2 Å². The fourth-order valence-corrected chi connectivity index (χ4v) is 4.80. The van der Waals surface area contributed by atoms with E-state index in [-0.39, 0.29) is 22.0 Å². The second-order valence-corrected chi connectivity index (χ2v) is 8.17. The molecule has 0 radical (unpaired) electrons. The van der Waals surface area contributed by atoms with Gasteiger partial charge in [0, 0.05) is 35.5 Å². The highest BCUT2D eigenvalue weighted by Crippen LogP contribution is 2.37. The first kappa shape index (κ1) is 19.7. The minimum Gasteiger partial charge on any atom is -0.324 e. The van der Waals surface area contributed by atoms with Crippen LogP contribution in [0.2, 0.25) is 5.02 Å². The smallest absolute Gasteiger partial charge is 0.322 e. The lowest BCUT2D eigenvalue weighted by atomic mass is 9.97. The Kier molecular flexibility index (Phi) is 5.23. The Morgan fingerprint density at radius 1 is 1.24 bits per heavy atom. The number of aromatic amines is 1. The molecule has 2 aromatic carbocycles. The number of rotatable bonds is 2. The van der Waals surface area contributed by atoms with Crippen LogP contribution in [0.4, 0.5) is 19.3 Å². The fraction of sp³-hybridized carbons (Fsp3) is 0.200. The van der Waals surface area contributed by atoms with Crippen molar-refractivity contribution in [3.05, 3.63) is 74.7 Å². The van der Waals surface area contributed by atoms with Gasteiger partial charge in [0.1, 0.15) is 11.6 Å². The summed E-state index contributed by atoms with van der Waals surface area (Å²) < 4.78 is 27.0. The monoisotopic (exact) mass is 435 g/mol. The van der Waals surface area contributed by atoms with Crippen molar-refractivity contribution in [2.45, 2.75) is 11.8 Å². The van der Waals surface area contributed by atoms with Crippen LogP contribution < -0.4 is 10.9 Å². The first-order valence-corrected chi connectivity index (χ1v) is 10.3. The zero-order valence-corrected chi connectivity index (χ0v) is 16.8. The van der Waals surface area contributed by atoms with Gasteiger partial charge in [0.25, 0.3) is 5.56 Å². The number of benzene rings is 2. The number of amides is 2. The molecule has 150 valence electrons. The first-order valence-electron chi connectivity index (χ1n) is 8.76. The van der Waals surface area contributed by atoms with Gasteiger partial charge < -0.3 is 15.2 Å². The molecule has 1 atom stereocenters. The average Bonchev–Trinajstić information content (AvgIpc) is 2.70. The molecule has 5 nitrogen and oxygen atoms in total. The van der Waals surface area contributed by atoms with Crippen LogP contribution in [0.3, 0.4) is 0 Å². The number of aromatic nitrogens is 1. The maximum atomic E-state index is 13.7. The van der Waals surface area contributed by atoms with Gasteiger partial charge in [0.15, 0.2) is 0 Å². The van der Waals surface area contributed by atoms with Gasteiger partial charge in [-0.2, -0.15) is 11.8 Å². The van der Waals surface area contributed by atoms with E-state index in [4.69, 9.17) is 11.6 Å². The SMILES string of the molecule is CN(C(=O)Nc1ccc(F)c(Cl)c1)[C@H]1CSCc2[nH]c(=O)c3cc(F)ccc3c21. The van der Waals surface area contributed by atoms with Gasteiger partial charge in [-0.15, -0.1) is 0 Å². The minimum absolute atomic E-state index is 0.0883. The fourth-order valence-electron chi connectivity index (χ4n) is 3.46. The zero-order valence-electron chi connectivity index (χ0n) is 15.3. The van der Waals surface area contributed by atoms with Crippen LogP contribution in [0.5, 0.6) is 0 Å². The zero-order chi connectivity index (χ0) is 20.7. The summed E-state index contributed by atoms with van der Waals surface area (Å²) in [7, 11) is 1.64. The van der Waals surface area contributed by atoms with E-state index in [0.29, 0.717) is 22.6 Å². The van der Waals surface area contributed by atoms with Crippen molar-refractivity contribution in [3.63, 3.8) is 0 Å². The molecule has 1 aliphatic heterocycles.